The molecule has 158 valence electrons. The Hall–Kier alpha value is -2.25. The molecule has 8 heteroatoms. The lowest BCUT2D eigenvalue weighted by Crippen LogP contribution is -2.38. The second-order valence-electron chi connectivity index (χ2n) is 6.73. The molecule has 0 radical (unpaired) electrons. The average molecular weight is 439 g/mol. The highest BCUT2D eigenvalue weighted by Crippen LogP contribution is 2.21. The van der Waals surface area contributed by atoms with Gasteiger partial charge in [0.2, 0.25) is 10.0 Å². The molecule has 0 aliphatic carbocycles. The SMILES string of the molecule is CC[C@H](Oc1ccc(N(C)S(C)(=O)=O)cc1)C(=O)NCCCc1ccccc1Cl. The molecule has 0 spiro atoms. The van der Waals surface area contributed by atoms with E-state index in [2.05, 4.69) is 5.32 Å². The molecule has 0 fully saturated rings. The van der Waals surface area contributed by atoms with Gasteiger partial charge in [0, 0.05) is 18.6 Å². The Labute approximate surface area is 177 Å². The van der Waals surface area contributed by atoms with E-state index in [1.807, 2.05) is 31.2 Å². The number of nitrogens with one attached hydrogen (secondary N) is 1. The van der Waals surface area contributed by atoms with Crippen molar-refractivity contribution in [1.29, 1.82) is 0 Å². The smallest absolute Gasteiger partial charge is 0.261 e. The summed E-state index contributed by atoms with van der Waals surface area (Å²) in [5.41, 5.74) is 1.59. The van der Waals surface area contributed by atoms with Gasteiger partial charge in [0.05, 0.1) is 11.9 Å². The Balaban J connectivity index is 1.85. The van der Waals surface area contributed by atoms with Gasteiger partial charge in [-0.3, -0.25) is 9.10 Å². The van der Waals surface area contributed by atoms with Crippen LogP contribution in [0.25, 0.3) is 0 Å². The van der Waals surface area contributed by atoms with Crippen LogP contribution in [0.15, 0.2) is 48.5 Å². The second kappa shape index (κ2) is 10.5. The summed E-state index contributed by atoms with van der Waals surface area (Å²) in [6, 6.07) is 14.3. The number of rotatable bonds is 10. The van der Waals surface area contributed by atoms with Gasteiger partial charge in [0.15, 0.2) is 6.10 Å². The van der Waals surface area contributed by atoms with Gasteiger partial charge < -0.3 is 10.1 Å². The molecular formula is C21H27ClN2O4S. The van der Waals surface area contributed by atoms with E-state index >= 15 is 0 Å². The van der Waals surface area contributed by atoms with Crippen LogP contribution in [-0.4, -0.2) is 40.3 Å². The fraction of sp³-hybridized carbons (Fsp3) is 0.381. The molecule has 1 amide bonds. The van der Waals surface area contributed by atoms with E-state index in [0.717, 1.165) is 29.7 Å². The molecule has 6 nitrogen and oxygen atoms in total. The van der Waals surface area contributed by atoms with Gasteiger partial charge in [-0.2, -0.15) is 0 Å². The fourth-order valence-corrected chi connectivity index (χ4v) is 3.45. The van der Waals surface area contributed by atoms with E-state index in [4.69, 9.17) is 16.3 Å². The van der Waals surface area contributed by atoms with Gasteiger partial charge in [-0.25, -0.2) is 8.42 Å². The van der Waals surface area contributed by atoms with Crippen LogP contribution >= 0.6 is 11.6 Å². The first-order valence-corrected chi connectivity index (χ1v) is 11.7. The van der Waals surface area contributed by atoms with Crippen molar-refractivity contribution in [2.75, 3.05) is 24.2 Å². The van der Waals surface area contributed by atoms with Gasteiger partial charge in [-0.1, -0.05) is 36.7 Å². The molecule has 0 aromatic heterocycles. The summed E-state index contributed by atoms with van der Waals surface area (Å²) in [5, 5.41) is 3.63. The maximum atomic E-state index is 12.4. The maximum Gasteiger partial charge on any atom is 0.261 e. The minimum absolute atomic E-state index is 0.177. The minimum atomic E-state index is -3.33. The molecule has 29 heavy (non-hydrogen) atoms. The number of anilines is 1. The van der Waals surface area contributed by atoms with Gasteiger partial charge in [0.1, 0.15) is 5.75 Å². The summed E-state index contributed by atoms with van der Waals surface area (Å²) in [7, 11) is -1.84. The van der Waals surface area contributed by atoms with Crippen molar-refractivity contribution in [1.82, 2.24) is 5.32 Å². The molecule has 0 aliphatic rings. The molecular weight excluding hydrogens is 412 g/mol. The van der Waals surface area contributed by atoms with E-state index < -0.39 is 16.1 Å². The molecule has 1 N–H and O–H groups in total. The fourth-order valence-electron chi connectivity index (χ4n) is 2.72. The van der Waals surface area contributed by atoms with E-state index in [1.54, 1.807) is 24.3 Å². The Kier molecular flexibility index (Phi) is 8.34. The van der Waals surface area contributed by atoms with E-state index in [9.17, 15) is 13.2 Å². The minimum Gasteiger partial charge on any atom is -0.481 e. The Morgan fingerprint density at radius 1 is 1.17 bits per heavy atom. The summed E-state index contributed by atoms with van der Waals surface area (Å²) >= 11 is 6.14. The number of halogens is 1. The summed E-state index contributed by atoms with van der Waals surface area (Å²) in [5.74, 6) is 0.331. The molecule has 2 aromatic rings. The van der Waals surface area contributed by atoms with Gasteiger partial charge in [-0.05, 0) is 55.2 Å². The number of nitrogens with zero attached hydrogens (tertiary/aromatic N) is 1. The molecule has 0 unspecified atom stereocenters. The molecule has 0 saturated carbocycles. The van der Waals surface area contributed by atoms with Crippen LogP contribution in [0.4, 0.5) is 5.69 Å². The molecule has 0 heterocycles. The number of carbonyl (C=O) groups excluding carboxylic acids is 1. The number of aryl methyl sites for hydroxylation is 1. The van der Waals surface area contributed by atoms with Crippen LogP contribution in [0.2, 0.25) is 5.02 Å². The van der Waals surface area contributed by atoms with Gasteiger partial charge in [0.25, 0.3) is 5.91 Å². The normalized spacial score (nSPS) is 12.3. The second-order valence-corrected chi connectivity index (χ2v) is 9.15. The predicted octanol–water partition coefficient (Wildman–Crippen LogP) is 3.64. The van der Waals surface area contributed by atoms with Crippen molar-refractivity contribution < 1.29 is 17.9 Å². The third-order valence-electron chi connectivity index (χ3n) is 4.52. The van der Waals surface area contributed by atoms with Crippen LogP contribution in [0.3, 0.4) is 0 Å². The quantitative estimate of drug-likeness (QED) is 0.574. The van der Waals surface area contributed by atoms with Crippen LogP contribution < -0.4 is 14.4 Å². The van der Waals surface area contributed by atoms with E-state index in [-0.39, 0.29) is 5.91 Å². The van der Waals surface area contributed by atoms with Crippen LogP contribution in [-0.2, 0) is 21.2 Å². The summed E-state index contributed by atoms with van der Waals surface area (Å²) < 4.78 is 30.2. The third-order valence-corrected chi connectivity index (χ3v) is 6.09. The molecule has 0 aliphatic heterocycles. The number of hydrogen-bond donors (Lipinski definition) is 1. The summed E-state index contributed by atoms with van der Waals surface area (Å²) in [4.78, 5) is 12.4. The summed E-state index contributed by atoms with van der Waals surface area (Å²) in [6.07, 6.45) is 2.60. The van der Waals surface area contributed by atoms with Crippen LogP contribution in [0.1, 0.15) is 25.3 Å². The highest BCUT2D eigenvalue weighted by molar-refractivity contribution is 7.92. The molecule has 0 bridgehead atoms. The van der Waals surface area contributed by atoms with Crippen molar-refractivity contribution in [2.45, 2.75) is 32.3 Å². The van der Waals surface area contributed by atoms with Crippen LogP contribution in [0.5, 0.6) is 5.75 Å². The van der Waals surface area contributed by atoms with Crippen molar-refractivity contribution in [3.05, 3.63) is 59.1 Å². The highest BCUT2D eigenvalue weighted by atomic mass is 35.5. The highest BCUT2D eigenvalue weighted by Gasteiger charge is 2.18. The van der Waals surface area contributed by atoms with Crippen molar-refractivity contribution >= 4 is 33.2 Å². The average Bonchev–Trinajstić information content (AvgIpc) is 2.69. The first kappa shape index (κ1) is 23.0. The van der Waals surface area contributed by atoms with E-state index in [1.165, 1.54) is 11.4 Å². The maximum absolute atomic E-state index is 12.4. The molecule has 2 aromatic carbocycles. The van der Waals surface area contributed by atoms with Crippen molar-refractivity contribution in [2.24, 2.45) is 0 Å². The predicted molar refractivity (Wildman–Crippen MR) is 117 cm³/mol. The van der Waals surface area contributed by atoms with Gasteiger partial charge >= 0.3 is 0 Å². The molecule has 0 saturated heterocycles. The number of carbonyl (C=O) groups is 1. The number of ether oxygens (including phenoxy) is 1. The lowest BCUT2D eigenvalue weighted by Gasteiger charge is -2.19. The first-order chi connectivity index (χ1) is 13.7. The lowest BCUT2D eigenvalue weighted by molar-refractivity contribution is -0.128. The topological polar surface area (TPSA) is 75.7 Å². The number of sulfonamides is 1. The lowest BCUT2D eigenvalue weighted by atomic mass is 10.1. The Bertz CT molecular complexity index is 917. The number of benzene rings is 2. The van der Waals surface area contributed by atoms with Crippen molar-refractivity contribution in [3.63, 3.8) is 0 Å². The Morgan fingerprint density at radius 2 is 1.83 bits per heavy atom. The third kappa shape index (κ3) is 6.94. The zero-order valence-electron chi connectivity index (χ0n) is 16.9. The zero-order valence-corrected chi connectivity index (χ0v) is 18.5. The van der Waals surface area contributed by atoms with Gasteiger partial charge in [-0.15, -0.1) is 0 Å². The number of hydrogen-bond acceptors (Lipinski definition) is 4. The largest absolute Gasteiger partial charge is 0.481 e. The molecule has 1 atom stereocenters. The summed E-state index contributed by atoms with van der Waals surface area (Å²) in [6.45, 7) is 2.40. The van der Waals surface area contributed by atoms with Crippen LogP contribution in [0, 0.1) is 0 Å². The molecule has 2 rings (SSSR count). The first-order valence-electron chi connectivity index (χ1n) is 9.44. The monoisotopic (exact) mass is 438 g/mol. The zero-order chi connectivity index (χ0) is 21.4. The Morgan fingerprint density at radius 3 is 2.41 bits per heavy atom. The standard InChI is InChI=1S/C21H27ClN2O4S/c1-4-20(21(25)23-15-7-9-16-8-5-6-10-19(16)22)28-18-13-11-17(12-14-18)24(2)29(3,26)27/h5-6,8,10-14,20H,4,7,9,15H2,1-3H3,(H,23,25)/t20-/m0/s1. The number of amides is 1. The van der Waals surface area contributed by atoms with E-state index in [0.29, 0.717) is 24.4 Å². The van der Waals surface area contributed by atoms with Crippen molar-refractivity contribution in [3.8, 4) is 5.75 Å².